The summed E-state index contributed by atoms with van der Waals surface area (Å²) in [6.07, 6.45) is 0. The zero-order chi connectivity index (χ0) is 21.8. The molecule has 31 heavy (non-hydrogen) atoms. The van der Waals surface area contributed by atoms with Crippen LogP contribution < -0.4 is 20.1 Å². The molecule has 1 aliphatic heterocycles. The van der Waals surface area contributed by atoms with E-state index in [0.29, 0.717) is 33.5 Å². The molecule has 3 aromatic rings. The van der Waals surface area contributed by atoms with E-state index < -0.39 is 0 Å². The fourth-order valence-corrected chi connectivity index (χ4v) is 3.98. The molecule has 6 nitrogen and oxygen atoms in total. The van der Waals surface area contributed by atoms with Crippen molar-refractivity contribution >= 4 is 46.6 Å². The Hall–Kier alpha value is -3.16. The van der Waals surface area contributed by atoms with Crippen LogP contribution in [0.1, 0.15) is 17.3 Å². The average molecular weight is 455 g/mol. The van der Waals surface area contributed by atoms with Gasteiger partial charge in [-0.05, 0) is 61.5 Å². The minimum atomic E-state index is -0.322. The van der Waals surface area contributed by atoms with Crippen molar-refractivity contribution in [3.05, 3.63) is 77.3 Å². The van der Waals surface area contributed by atoms with Crippen molar-refractivity contribution in [3.63, 3.8) is 0 Å². The molecule has 8 heteroatoms. The summed E-state index contributed by atoms with van der Waals surface area (Å²) in [5.41, 5.74) is 1.80. The van der Waals surface area contributed by atoms with E-state index in [2.05, 4.69) is 10.6 Å². The van der Waals surface area contributed by atoms with Crippen molar-refractivity contribution in [2.45, 2.75) is 17.1 Å². The van der Waals surface area contributed by atoms with Gasteiger partial charge in [0.2, 0.25) is 12.7 Å². The first-order chi connectivity index (χ1) is 15.0. The maximum Gasteiger partial charge on any atom is 0.255 e. The van der Waals surface area contributed by atoms with Crippen LogP contribution in [0.3, 0.4) is 0 Å². The molecule has 0 aliphatic carbocycles. The molecule has 0 saturated heterocycles. The summed E-state index contributed by atoms with van der Waals surface area (Å²) in [5, 5.41) is 5.91. The molecule has 3 aromatic carbocycles. The molecule has 1 unspecified atom stereocenters. The van der Waals surface area contributed by atoms with Gasteiger partial charge < -0.3 is 20.1 Å². The van der Waals surface area contributed by atoms with E-state index in [1.165, 1.54) is 11.8 Å². The van der Waals surface area contributed by atoms with Crippen LogP contribution in [0.4, 0.5) is 11.4 Å². The largest absolute Gasteiger partial charge is 0.454 e. The van der Waals surface area contributed by atoms with Gasteiger partial charge >= 0.3 is 0 Å². The van der Waals surface area contributed by atoms with E-state index in [1.807, 2.05) is 19.1 Å². The van der Waals surface area contributed by atoms with Crippen LogP contribution in [0.15, 0.2) is 71.6 Å². The van der Waals surface area contributed by atoms with Crippen molar-refractivity contribution in [2.75, 3.05) is 17.4 Å². The highest BCUT2D eigenvalue weighted by Crippen LogP contribution is 2.34. The molecule has 0 radical (unpaired) electrons. The van der Waals surface area contributed by atoms with Crippen LogP contribution in [-0.2, 0) is 4.79 Å². The number of hydrogen-bond donors (Lipinski definition) is 2. The van der Waals surface area contributed by atoms with Gasteiger partial charge in [-0.25, -0.2) is 0 Å². The Morgan fingerprint density at radius 2 is 1.68 bits per heavy atom. The number of benzene rings is 3. The summed E-state index contributed by atoms with van der Waals surface area (Å²) >= 11 is 7.36. The van der Waals surface area contributed by atoms with Crippen LogP contribution in [0.2, 0.25) is 5.02 Å². The number of amides is 2. The molecule has 0 saturated carbocycles. The van der Waals surface area contributed by atoms with E-state index in [1.54, 1.807) is 54.6 Å². The lowest BCUT2D eigenvalue weighted by Gasteiger charge is -2.13. The fraction of sp³-hybridized carbons (Fsp3) is 0.130. The molecule has 0 bridgehead atoms. The Kier molecular flexibility index (Phi) is 6.34. The normalized spacial score (nSPS) is 12.8. The van der Waals surface area contributed by atoms with Crippen LogP contribution >= 0.6 is 23.4 Å². The first-order valence-electron chi connectivity index (χ1n) is 9.52. The van der Waals surface area contributed by atoms with E-state index in [-0.39, 0.29) is 23.9 Å². The number of nitrogens with one attached hydrogen (secondary N) is 2. The predicted octanol–water partition coefficient (Wildman–Crippen LogP) is 5.44. The van der Waals surface area contributed by atoms with Crippen molar-refractivity contribution < 1.29 is 19.1 Å². The molecule has 2 amide bonds. The average Bonchev–Trinajstić information content (AvgIpc) is 3.23. The predicted molar refractivity (Wildman–Crippen MR) is 122 cm³/mol. The zero-order valence-electron chi connectivity index (χ0n) is 16.6. The molecule has 1 aliphatic rings. The number of fused-ring (bicyclic) bond motifs is 1. The highest BCUT2D eigenvalue weighted by molar-refractivity contribution is 8.00. The first kappa shape index (κ1) is 21.1. The number of halogens is 1. The Morgan fingerprint density at radius 3 is 2.45 bits per heavy atom. The second-order valence-corrected chi connectivity index (χ2v) is 8.66. The number of hydrogen-bond acceptors (Lipinski definition) is 5. The van der Waals surface area contributed by atoms with Gasteiger partial charge in [0.15, 0.2) is 11.5 Å². The van der Waals surface area contributed by atoms with E-state index in [4.69, 9.17) is 21.1 Å². The summed E-state index contributed by atoms with van der Waals surface area (Å²) in [6, 6.07) is 19.4. The third-order valence-corrected chi connectivity index (χ3v) is 5.87. The third kappa shape index (κ3) is 5.31. The van der Waals surface area contributed by atoms with Gasteiger partial charge in [-0.2, -0.15) is 0 Å². The number of anilines is 2. The maximum atomic E-state index is 12.5. The summed E-state index contributed by atoms with van der Waals surface area (Å²) in [4.78, 5) is 25.8. The topological polar surface area (TPSA) is 76.7 Å². The van der Waals surface area contributed by atoms with Gasteiger partial charge in [-0.3, -0.25) is 9.59 Å². The molecule has 1 atom stereocenters. The molecular formula is C23H19ClN2O4S. The molecule has 2 N–H and O–H groups in total. The molecule has 0 aromatic heterocycles. The summed E-state index contributed by atoms with van der Waals surface area (Å²) in [5.74, 6) is 0.929. The second kappa shape index (κ2) is 9.32. The van der Waals surface area contributed by atoms with E-state index in [9.17, 15) is 9.59 Å². The minimum Gasteiger partial charge on any atom is -0.454 e. The van der Waals surface area contributed by atoms with E-state index >= 15 is 0 Å². The van der Waals surface area contributed by atoms with Gasteiger partial charge in [0.1, 0.15) is 0 Å². The minimum absolute atomic E-state index is 0.123. The zero-order valence-corrected chi connectivity index (χ0v) is 18.1. The highest BCUT2D eigenvalue weighted by atomic mass is 35.5. The van der Waals surface area contributed by atoms with Crippen molar-refractivity contribution in [1.29, 1.82) is 0 Å². The quantitative estimate of drug-likeness (QED) is 0.485. The Balaban J connectivity index is 1.32. The summed E-state index contributed by atoms with van der Waals surface area (Å²) in [6.45, 7) is 2.02. The smallest absolute Gasteiger partial charge is 0.255 e. The maximum absolute atomic E-state index is 12.5. The number of thioether (sulfide) groups is 1. The SMILES string of the molecule is CC(Sc1ccc(NC(=O)c2cccc(Cl)c2)cc1)C(=O)Nc1ccc2c(c1)OCO2. The Labute approximate surface area is 188 Å². The first-order valence-corrected chi connectivity index (χ1v) is 10.8. The van der Waals surface area contributed by atoms with Crippen LogP contribution in [0, 0.1) is 0 Å². The van der Waals surface area contributed by atoms with Crippen molar-refractivity contribution in [1.82, 2.24) is 0 Å². The lowest BCUT2D eigenvalue weighted by Crippen LogP contribution is -2.22. The number of rotatable bonds is 6. The molecule has 158 valence electrons. The van der Waals surface area contributed by atoms with Gasteiger partial charge in [0, 0.05) is 32.9 Å². The number of ether oxygens (including phenoxy) is 2. The van der Waals surface area contributed by atoms with Crippen molar-refractivity contribution in [3.8, 4) is 11.5 Å². The monoisotopic (exact) mass is 454 g/mol. The molecular weight excluding hydrogens is 436 g/mol. The van der Waals surface area contributed by atoms with Crippen LogP contribution in [0.5, 0.6) is 11.5 Å². The molecule has 4 rings (SSSR count). The Morgan fingerprint density at radius 1 is 0.935 bits per heavy atom. The lowest BCUT2D eigenvalue weighted by molar-refractivity contribution is -0.115. The van der Waals surface area contributed by atoms with Crippen LogP contribution in [0.25, 0.3) is 0 Å². The second-order valence-electron chi connectivity index (χ2n) is 6.81. The van der Waals surface area contributed by atoms with Gasteiger partial charge in [-0.15, -0.1) is 11.8 Å². The lowest BCUT2D eigenvalue weighted by atomic mass is 10.2. The molecule has 0 fully saturated rings. The Bertz CT molecular complexity index is 1120. The van der Waals surface area contributed by atoms with Gasteiger partial charge in [0.05, 0.1) is 5.25 Å². The molecule has 1 heterocycles. The summed E-state index contributed by atoms with van der Waals surface area (Å²) in [7, 11) is 0. The standard InChI is InChI=1S/C23H19ClN2O4S/c1-14(22(27)26-18-7-10-20-21(12-18)30-13-29-20)31-19-8-5-17(6-9-19)25-23(28)15-3-2-4-16(24)11-15/h2-12,14H,13H2,1H3,(H,25,28)(H,26,27). The summed E-state index contributed by atoms with van der Waals surface area (Å²) < 4.78 is 10.6. The van der Waals surface area contributed by atoms with Gasteiger partial charge in [0.25, 0.3) is 5.91 Å². The molecule has 0 spiro atoms. The number of carbonyl (C=O) groups is 2. The fourth-order valence-electron chi connectivity index (χ4n) is 2.93. The van der Waals surface area contributed by atoms with Gasteiger partial charge in [-0.1, -0.05) is 17.7 Å². The van der Waals surface area contributed by atoms with Crippen LogP contribution in [-0.4, -0.2) is 23.9 Å². The number of carbonyl (C=O) groups excluding carboxylic acids is 2. The third-order valence-electron chi connectivity index (χ3n) is 4.52. The highest BCUT2D eigenvalue weighted by Gasteiger charge is 2.18. The van der Waals surface area contributed by atoms with E-state index in [0.717, 1.165) is 4.90 Å². The van der Waals surface area contributed by atoms with Crippen molar-refractivity contribution in [2.24, 2.45) is 0 Å².